The van der Waals surface area contributed by atoms with Crippen LogP contribution in [0, 0.1) is 0 Å². The van der Waals surface area contributed by atoms with Gasteiger partial charge in [0.15, 0.2) is 0 Å². The normalized spacial score (nSPS) is 15.8. The number of rotatable bonds is 6. The van der Waals surface area contributed by atoms with Crippen molar-refractivity contribution in [3.05, 3.63) is 65.2 Å². The van der Waals surface area contributed by atoms with Crippen LogP contribution in [0.25, 0.3) is 0 Å². The Labute approximate surface area is 164 Å². The highest BCUT2D eigenvalue weighted by molar-refractivity contribution is 8.19. The van der Waals surface area contributed by atoms with Crippen molar-refractivity contribution in [2.24, 2.45) is 0 Å². The number of benzene rings is 2. The number of carbonyl (C=O) groups is 1. The summed E-state index contributed by atoms with van der Waals surface area (Å²) in [7, 11) is 0. The van der Waals surface area contributed by atoms with E-state index in [0.29, 0.717) is 10.1 Å². The standard InChI is InChI=1S/C21H25NO2S2/c1-14(2)24-19-6-4-5-18(13-19)15(3)22-20(23)16-7-9-17(10-8-16)21-25-11-12-26-21/h4-10,13-15,21H,11-12H2,1-3H3,(H,22,23). The molecule has 5 heteroatoms. The molecule has 1 unspecified atom stereocenters. The van der Waals surface area contributed by atoms with Gasteiger partial charge >= 0.3 is 0 Å². The van der Waals surface area contributed by atoms with Gasteiger partial charge in [0.05, 0.1) is 16.7 Å². The highest BCUT2D eigenvalue weighted by Crippen LogP contribution is 2.45. The van der Waals surface area contributed by atoms with E-state index >= 15 is 0 Å². The number of hydrogen-bond acceptors (Lipinski definition) is 4. The van der Waals surface area contributed by atoms with E-state index in [-0.39, 0.29) is 18.1 Å². The van der Waals surface area contributed by atoms with Crippen molar-refractivity contribution in [2.75, 3.05) is 11.5 Å². The highest BCUT2D eigenvalue weighted by Gasteiger charge is 2.19. The van der Waals surface area contributed by atoms with Crippen molar-refractivity contribution in [3.63, 3.8) is 0 Å². The number of nitrogens with one attached hydrogen (secondary N) is 1. The topological polar surface area (TPSA) is 38.3 Å². The van der Waals surface area contributed by atoms with Crippen LogP contribution >= 0.6 is 23.5 Å². The Hall–Kier alpha value is -1.59. The Balaban J connectivity index is 1.63. The van der Waals surface area contributed by atoms with Crippen LogP contribution in [0.3, 0.4) is 0 Å². The molecule has 1 amide bonds. The molecule has 1 aliphatic rings. The van der Waals surface area contributed by atoms with Gasteiger partial charge in [-0.1, -0.05) is 24.3 Å². The molecule has 3 rings (SSSR count). The summed E-state index contributed by atoms with van der Waals surface area (Å²) in [4.78, 5) is 12.6. The molecule has 0 radical (unpaired) electrons. The summed E-state index contributed by atoms with van der Waals surface area (Å²) in [6.07, 6.45) is 0.129. The molecule has 2 aromatic carbocycles. The minimum Gasteiger partial charge on any atom is -0.491 e. The Bertz CT molecular complexity index is 740. The molecule has 1 aliphatic heterocycles. The van der Waals surface area contributed by atoms with Crippen LogP contribution in [0.15, 0.2) is 48.5 Å². The zero-order valence-electron chi connectivity index (χ0n) is 15.4. The first kappa shape index (κ1) is 19.2. The van der Waals surface area contributed by atoms with Crippen molar-refractivity contribution in [1.29, 1.82) is 0 Å². The summed E-state index contributed by atoms with van der Waals surface area (Å²) in [6.45, 7) is 6.00. The van der Waals surface area contributed by atoms with Gasteiger partial charge in [0.25, 0.3) is 5.91 Å². The average molecular weight is 388 g/mol. The molecule has 3 nitrogen and oxygen atoms in total. The Morgan fingerprint density at radius 1 is 1.08 bits per heavy atom. The quantitative estimate of drug-likeness (QED) is 0.716. The second-order valence-electron chi connectivity index (χ2n) is 6.63. The predicted molar refractivity (Wildman–Crippen MR) is 112 cm³/mol. The molecular formula is C21H25NO2S2. The third-order valence-electron chi connectivity index (χ3n) is 4.14. The highest BCUT2D eigenvalue weighted by atomic mass is 32.2. The van der Waals surface area contributed by atoms with Gasteiger partial charge in [-0.15, -0.1) is 23.5 Å². The lowest BCUT2D eigenvalue weighted by molar-refractivity contribution is 0.0939. The van der Waals surface area contributed by atoms with Crippen molar-refractivity contribution >= 4 is 29.4 Å². The van der Waals surface area contributed by atoms with Crippen LogP contribution < -0.4 is 10.1 Å². The van der Waals surface area contributed by atoms with E-state index in [0.717, 1.165) is 11.3 Å². The fourth-order valence-corrected chi connectivity index (χ4v) is 5.69. The minimum absolute atomic E-state index is 0.0500. The molecule has 26 heavy (non-hydrogen) atoms. The van der Waals surface area contributed by atoms with Crippen LogP contribution in [0.4, 0.5) is 0 Å². The van der Waals surface area contributed by atoms with Gasteiger partial charge in [0.2, 0.25) is 0 Å². The first-order chi connectivity index (χ1) is 12.5. The third-order valence-corrected chi connectivity index (χ3v) is 7.25. The monoisotopic (exact) mass is 387 g/mol. The molecule has 1 N–H and O–H groups in total. The number of amides is 1. The lowest BCUT2D eigenvalue weighted by Crippen LogP contribution is -2.26. The van der Waals surface area contributed by atoms with E-state index < -0.39 is 0 Å². The molecule has 2 aromatic rings. The summed E-state index contributed by atoms with van der Waals surface area (Å²) < 4.78 is 6.25. The zero-order chi connectivity index (χ0) is 18.5. The maximum atomic E-state index is 12.6. The summed E-state index contributed by atoms with van der Waals surface area (Å²) in [6, 6.07) is 15.8. The summed E-state index contributed by atoms with van der Waals surface area (Å²) in [5.74, 6) is 3.18. The van der Waals surface area contributed by atoms with Crippen LogP contribution in [-0.2, 0) is 0 Å². The Morgan fingerprint density at radius 3 is 2.42 bits per heavy atom. The van der Waals surface area contributed by atoms with Crippen molar-refractivity contribution in [1.82, 2.24) is 5.32 Å². The summed E-state index contributed by atoms with van der Waals surface area (Å²) >= 11 is 3.95. The number of hydrogen-bond donors (Lipinski definition) is 1. The second-order valence-corrected chi connectivity index (χ2v) is 9.35. The molecule has 138 valence electrons. The smallest absolute Gasteiger partial charge is 0.251 e. The molecule has 1 fully saturated rings. The zero-order valence-corrected chi connectivity index (χ0v) is 17.0. The van der Waals surface area contributed by atoms with Crippen LogP contribution in [-0.4, -0.2) is 23.5 Å². The fourth-order valence-electron chi connectivity index (χ4n) is 2.84. The lowest BCUT2D eigenvalue weighted by Gasteiger charge is -2.17. The molecule has 0 saturated carbocycles. The van der Waals surface area contributed by atoms with Gasteiger partial charge < -0.3 is 10.1 Å². The SMILES string of the molecule is CC(C)Oc1cccc(C(C)NC(=O)c2ccc(C3SCCS3)cc2)c1. The molecule has 0 aliphatic carbocycles. The van der Waals surface area contributed by atoms with E-state index in [4.69, 9.17) is 4.74 Å². The first-order valence-electron chi connectivity index (χ1n) is 8.93. The molecule has 0 bridgehead atoms. The van der Waals surface area contributed by atoms with Gasteiger partial charge in [0, 0.05) is 17.1 Å². The van der Waals surface area contributed by atoms with E-state index in [1.54, 1.807) is 0 Å². The largest absolute Gasteiger partial charge is 0.491 e. The fraction of sp³-hybridized carbons (Fsp3) is 0.381. The number of thioether (sulfide) groups is 2. The maximum Gasteiger partial charge on any atom is 0.251 e. The average Bonchev–Trinajstić information content (AvgIpc) is 3.16. The summed E-state index contributed by atoms with van der Waals surface area (Å²) in [5.41, 5.74) is 3.02. The molecule has 0 spiro atoms. The van der Waals surface area contributed by atoms with Gasteiger partial charge in [-0.25, -0.2) is 0 Å². The number of carbonyl (C=O) groups excluding carboxylic acids is 1. The predicted octanol–water partition coefficient (Wildman–Crippen LogP) is 5.44. The molecular weight excluding hydrogens is 362 g/mol. The van der Waals surface area contributed by atoms with E-state index in [9.17, 15) is 4.79 Å². The van der Waals surface area contributed by atoms with E-state index in [2.05, 4.69) is 17.4 Å². The second kappa shape index (κ2) is 8.87. The van der Waals surface area contributed by atoms with Gasteiger partial charge in [-0.3, -0.25) is 4.79 Å². The lowest BCUT2D eigenvalue weighted by atomic mass is 10.1. The van der Waals surface area contributed by atoms with Crippen molar-refractivity contribution in [3.8, 4) is 5.75 Å². The van der Waals surface area contributed by atoms with Gasteiger partial charge in [-0.2, -0.15) is 0 Å². The van der Waals surface area contributed by atoms with Crippen LogP contribution in [0.1, 0.15) is 52.9 Å². The molecule has 1 heterocycles. The van der Waals surface area contributed by atoms with E-state index in [1.165, 1.54) is 17.1 Å². The molecule has 1 atom stereocenters. The number of ether oxygens (including phenoxy) is 1. The van der Waals surface area contributed by atoms with Crippen LogP contribution in [0.5, 0.6) is 5.75 Å². The summed E-state index contributed by atoms with van der Waals surface area (Å²) in [5, 5.41) is 3.08. The molecule has 1 saturated heterocycles. The first-order valence-corrected chi connectivity index (χ1v) is 11.0. The Kier molecular flexibility index (Phi) is 6.54. The maximum absolute atomic E-state index is 12.6. The third kappa shape index (κ3) is 4.98. The minimum atomic E-state index is -0.0844. The van der Waals surface area contributed by atoms with E-state index in [1.807, 2.05) is 80.7 Å². The van der Waals surface area contributed by atoms with Crippen LogP contribution in [0.2, 0.25) is 0 Å². The molecule has 0 aromatic heterocycles. The van der Waals surface area contributed by atoms with Gasteiger partial charge in [-0.05, 0) is 56.2 Å². The van der Waals surface area contributed by atoms with Crippen molar-refractivity contribution in [2.45, 2.75) is 37.5 Å². The van der Waals surface area contributed by atoms with Gasteiger partial charge in [0.1, 0.15) is 5.75 Å². The van der Waals surface area contributed by atoms with Crippen molar-refractivity contribution < 1.29 is 9.53 Å². The Morgan fingerprint density at radius 2 is 1.77 bits per heavy atom.